The molecule has 0 aliphatic heterocycles. The van der Waals surface area contributed by atoms with E-state index in [0.717, 1.165) is 5.56 Å². The zero-order chi connectivity index (χ0) is 13.5. The first-order valence-electron chi connectivity index (χ1n) is 5.97. The van der Waals surface area contributed by atoms with Gasteiger partial charge in [-0.15, -0.1) is 0 Å². The Hall–Kier alpha value is -1.84. The van der Waals surface area contributed by atoms with Crippen LogP contribution in [0.5, 0.6) is 0 Å². The molecular formula is C14H18O4. The summed E-state index contributed by atoms with van der Waals surface area (Å²) in [5.74, 6) is -2.42. The molecule has 0 bridgehead atoms. The van der Waals surface area contributed by atoms with Gasteiger partial charge in [-0.2, -0.15) is 0 Å². The molecule has 1 aromatic rings. The van der Waals surface area contributed by atoms with Gasteiger partial charge in [0.15, 0.2) is 0 Å². The fourth-order valence-corrected chi connectivity index (χ4v) is 2.03. The normalized spacial score (nSPS) is 13.8. The lowest BCUT2D eigenvalue weighted by molar-refractivity contribution is -0.143. The van der Waals surface area contributed by atoms with E-state index in [4.69, 9.17) is 10.2 Å². The minimum atomic E-state index is -0.881. The minimum absolute atomic E-state index is 0.00646. The van der Waals surface area contributed by atoms with Crippen LogP contribution in [0.15, 0.2) is 30.3 Å². The maximum Gasteiger partial charge on any atom is 0.306 e. The molecule has 4 heteroatoms. The van der Waals surface area contributed by atoms with E-state index in [-0.39, 0.29) is 12.3 Å². The fraction of sp³-hybridized carbons (Fsp3) is 0.429. The summed E-state index contributed by atoms with van der Waals surface area (Å²) in [7, 11) is 0. The lowest BCUT2D eigenvalue weighted by atomic mass is 9.88. The van der Waals surface area contributed by atoms with Gasteiger partial charge in [0.2, 0.25) is 0 Å². The van der Waals surface area contributed by atoms with Crippen molar-refractivity contribution in [1.29, 1.82) is 0 Å². The van der Waals surface area contributed by atoms with Gasteiger partial charge in [-0.25, -0.2) is 0 Å². The van der Waals surface area contributed by atoms with Crippen molar-refractivity contribution in [2.45, 2.75) is 26.2 Å². The molecule has 0 saturated heterocycles. The number of carboxylic acids is 2. The van der Waals surface area contributed by atoms with Crippen LogP contribution in [-0.4, -0.2) is 22.2 Å². The summed E-state index contributed by atoms with van der Waals surface area (Å²) in [5.41, 5.74) is 1.04. The lowest BCUT2D eigenvalue weighted by Gasteiger charge is -2.17. The van der Waals surface area contributed by atoms with Crippen LogP contribution in [0.4, 0.5) is 0 Å². The number of hydrogen-bond acceptors (Lipinski definition) is 2. The van der Waals surface area contributed by atoms with Crippen LogP contribution in [0, 0.1) is 11.8 Å². The number of hydrogen-bond donors (Lipinski definition) is 2. The summed E-state index contributed by atoms with van der Waals surface area (Å²) in [6.07, 6.45) is 0.994. The van der Waals surface area contributed by atoms with Crippen molar-refractivity contribution in [1.82, 2.24) is 0 Å². The molecule has 0 spiro atoms. The van der Waals surface area contributed by atoms with Gasteiger partial charge in [0.1, 0.15) is 0 Å². The summed E-state index contributed by atoms with van der Waals surface area (Å²) >= 11 is 0. The van der Waals surface area contributed by atoms with Gasteiger partial charge >= 0.3 is 11.9 Å². The summed E-state index contributed by atoms with van der Waals surface area (Å²) in [6.45, 7) is 1.61. The number of carboxylic acid groups (broad SMARTS) is 2. The molecule has 1 rings (SSSR count). The van der Waals surface area contributed by atoms with Gasteiger partial charge in [-0.1, -0.05) is 37.3 Å². The van der Waals surface area contributed by atoms with Crippen molar-refractivity contribution >= 4 is 11.9 Å². The average Bonchev–Trinajstić information content (AvgIpc) is 2.29. The molecule has 0 aliphatic rings. The molecule has 0 heterocycles. The molecule has 2 N–H and O–H groups in total. The second-order valence-corrected chi connectivity index (χ2v) is 4.63. The van der Waals surface area contributed by atoms with Gasteiger partial charge in [0.05, 0.1) is 5.92 Å². The second kappa shape index (κ2) is 6.79. The molecule has 2 unspecified atom stereocenters. The van der Waals surface area contributed by atoms with Gasteiger partial charge in [-0.05, 0) is 24.3 Å². The van der Waals surface area contributed by atoms with Gasteiger partial charge in [0.25, 0.3) is 0 Å². The van der Waals surface area contributed by atoms with Crippen molar-refractivity contribution < 1.29 is 19.8 Å². The zero-order valence-electron chi connectivity index (χ0n) is 10.4. The first kappa shape index (κ1) is 14.2. The molecule has 0 aliphatic carbocycles. The monoisotopic (exact) mass is 250 g/mol. The standard InChI is InChI=1S/C14H18O4/c1-10(14(17)18)7-12(9-13(15)16)8-11-5-3-2-4-6-11/h2-6,10,12H,7-9H2,1H3,(H,15,16)(H,17,18). The SMILES string of the molecule is CC(CC(CC(=O)O)Cc1ccccc1)C(=O)O. The highest BCUT2D eigenvalue weighted by Crippen LogP contribution is 2.21. The largest absolute Gasteiger partial charge is 0.481 e. The highest BCUT2D eigenvalue weighted by Gasteiger charge is 2.20. The zero-order valence-corrected chi connectivity index (χ0v) is 10.4. The van der Waals surface area contributed by atoms with Crippen molar-refractivity contribution in [2.75, 3.05) is 0 Å². The quantitative estimate of drug-likeness (QED) is 0.779. The molecule has 98 valence electrons. The predicted octanol–water partition coefficient (Wildman–Crippen LogP) is 2.43. The number of benzene rings is 1. The third kappa shape index (κ3) is 4.99. The Morgan fingerprint density at radius 3 is 2.28 bits per heavy atom. The van der Waals surface area contributed by atoms with Crippen LogP contribution in [0.25, 0.3) is 0 Å². The van der Waals surface area contributed by atoms with E-state index in [9.17, 15) is 9.59 Å². The number of rotatable bonds is 7. The molecule has 0 saturated carbocycles. The van der Waals surface area contributed by atoms with Crippen LogP contribution in [0.1, 0.15) is 25.3 Å². The van der Waals surface area contributed by atoms with Crippen LogP contribution in [0.3, 0.4) is 0 Å². The summed E-state index contributed by atoms with van der Waals surface area (Å²) in [6, 6.07) is 9.55. The molecule has 1 aromatic carbocycles. The molecule has 0 radical (unpaired) electrons. The predicted molar refractivity (Wildman–Crippen MR) is 67.3 cm³/mol. The summed E-state index contributed by atoms with van der Waals surface area (Å²) in [4.78, 5) is 21.6. The van der Waals surface area contributed by atoms with E-state index in [1.54, 1.807) is 6.92 Å². The van der Waals surface area contributed by atoms with E-state index >= 15 is 0 Å². The first-order chi connectivity index (χ1) is 8.49. The van der Waals surface area contributed by atoms with Gasteiger partial charge in [0, 0.05) is 6.42 Å². The molecule has 0 aromatic heterocycles. The van der Waals surface area contributed by atoms with Crippen molar-refractivity contribution in [3.8, 4) is 0 Å². The highest BCUT2D eigenvalue weighted by atomic mass is 16.4. The molecule has 2 atom stereocenters. The lowest BCUT2D eigenvalue weighted by Crippen LogP contribution is -2.18. The fourth-order valence-electron chi connectivity index (χ4n) is 2.03. The number of aliphatic carboxylic acids is 2. The van der Waals surface area contributed by atoms with Gasteiger partial charge in [-0.3, -0.25) is 9.59 Å². The maximum absolute atomic E-state index is 10.8. The Balaban J connectivity index is 2.66. The van der Waals surface area contributed by atoms with Crippen molar-refractivity contribution in [2.24, 2.45) is 11.8 Å². The van der Waals surface area contributed by atoms with E-state index in [1.807, 2.05) is 30.3 Å². The Labute approximate surface area is 106 Å². The van der Waals surface area contributed by atoms with E-state index < -0.39 is 17.9 Å². The Kier molecular flexibility index (Phi) is 5.36. The summed E-state index contributed by atoms with van der Waals surface area (Å²) in [5, 5.41) is 17.7. The Bertz CT molecular complexity index is 400. The highest BCUT2D eigenvalue weighted by molar-refractivity contribution is 5.70. The van der Waals surface area contributed by atoms with E-state index in [2.05, 4.69) is 0 Å². The van der Waals surface area contributed by atoms with Crippen molar-refractivity contribution in [3.05, 3.63) is 35.9 Å². The Morgan fingerprint density at radius 1 is 1.17 bits per heavy atom. The molecular weight excluding hydrogens is 232 g/mol. The molecule has 18 heavy (non-hydrogen) atoms. The smallest absolute Gasteiger partial charge is 0.306 e. The van der Waals surface area contributed by atoms with Gasteiger partial charge < -0.3 is 10.2 Å². The van der Waals surface area contributed by atoms with Crippen molar-refractivity contribution in [3.63, 3.8) is 0 Å². The topological polar surface area (TPSA) is 74.6 Å². The molecule has 4 nitrogen and oxygen atoms in total. The van der Waals surface area contributed by atoms with Crippen LogP contribution >= 0.6 is 0 Å². The van der Waals surface area contributed by atoms with E-state index in [1.165, 1.54) is 0 Å². The van der Waals surface area contributed by atoms with Crippen LogP contribution in [0.2, 0.25) is 0 Å². The second-order valence-electron chi connectivity index (χ2n) is 4.63. The Morgan fingerprint density at radius 2 is 1.78 bits per heavy atom. The summed E-state index contributed by atoms with van der Waals surface area (Å²) < 4.78 is 0. The minimum Gasteiger partial charge on any atom is -0.481 e. The number of carbonyl (C=O) groups is 2. The molecule has 0 amide bonds. The third-order valence-electron chi connectivity index (χ3n) is 2.94. The maximum atomic E-state index is 10.8. The first-order valence-corrected chi connectivity index (χ1v) is 5.97. The van der Waals surface area contributed by atoms with Crippen LogP contribution < -0.4 is 0 Å². The molecule has 0 fully saturated rings. The third-order valence-corrected chi connectivity index (χ3v) is 2.94. The average molecular weight is 250 g/mol. The van der Waals surface area contributed by atoms with Crippen LogP contribution in [-0.2, 0) is 16.0 Å². The van der Waals surface area contributed by atoms with E-state index in [0.29, 0.717) is 12.8 Å².